The minimum atomic E-state index is -0.278. The van der Waals surface area contributed by atoms with Gasteiger partial charge in [0.2, 0.25) is 5.91 Å². The fourth-order valence-electron chi connectivity index (χ4n) is 5.05. The smallest absolute Gasteiger partial charge is 0.251 e. The maximum Gasteiger partial charge on any atom is 0.251 e. The zero-order chi connectivity index (χ0) is 18.1. The molecule has 1 saturated carbocycles. The molecule has 3 aliphatic rings. The number of likely N-dealkylation sites (tertiary alicyclic amines) is 1. The normalized spacial score (nSPS) is 29.7. The molecule has 3 fully saturated rings. The van der Waals surface area contributed by atoms with Crippen molar-refractivity contribution in [3.63, 3.8) is 0 Å². The van der Waals surface area contributed by atoms with Crippen molar-refractivity contribution in [2.24, 2.45) is 5.92 Å². The third-order valence-corrected chi connectivity index (χ3v) is 6.22. The van der Waals surface area contributed by atoms with Gasteiger partial charge in [-0.05, 0) is 69.3 Å². The molecule has 2 heterocycles. The van der Waals surface area contributed by atoms with E-state index in [1.54, 1.807) is 0 Å². The Morgan fingerprint density at radius 3 is 2.54 bits per heavy atom. The molecule has 2 aliphatic heterocycles. The number of rotatable bonds is 4. The summed E-state index contributed by atoms with van der Waals surface area (Å²) in [4.78, 5) is 29.5. The van der Waals surface area contributed by atoms with Crippen LogP contribution in [0.15, 0.2) is 24.3 Å². The first-order valence-electron chi connectivity index (χ1n) is 10.0. The molecule has 0 radical (unpaired) electrons. The van der Waals surface area contributed by atoms with E-state index in [0.717, 1.165) is 18.7 Å². The van der Waals surface area contributed by atoms with Crippen LogP contribution in [0.2, 0.25) is 0 Å². The first-order valence-corrected chi connectivity index (χ1v) is 10.0. The standard InChI is InChI=1S/C21H28N2O3/c1-2-26-17-11-9-16(10-12-17)23-20(24)14-19(21(23)25)22-13-5-7-15-6-3-4-8-18(15)22/h9-12,15,18-19H,2-8,13-14H2,1H3/t15-,18+,19+/m1/s1. The van der Waals surface area contributed by atoms with Crippen molar-refractivity contribution in [3.8, 4) is 5.75 Å². The van der Waals surface area contributed by atoms with Crippen molar-refractivity contribution in [3.05, 3.63) is 24.3 Å². The van der Waals surface area contributed by atoms with Crippen LogP contribution in [0.25, 0.3) is 0 Å². The van der Waals surface area contributed by atoms with Crippen LogP contribution in [0.3, 0.4) is 0 Å². The minimum absolute atomic E-state index is 0.0506. The summed E-state index contributed by atoms with van der Waals surface area (Å²) in [5, 5.41) is 0. The summed E-state index contributed by atoms with van der Waals surface area (Å²) in [7, 11) is 0. The maximum atomic E-state index is 13.1. The average Bonchev–Trinajstić information content (AvgIpc) is 2.96. The first-order chi connectivity index (χ1) is 12.7. The Labute approximate surface area is 155 Å². The monoisotopic (exact) mass is 356 g/mol. The lowest BCUT2D eigenvalue weighted by atomic mass is 9.77. The van der Waals surface area contributed by atoms with Gasteiger partial charge >= 0.3 is 0 Å². The number of carbonyl (C=O) groups excluding carboxylic acids is 2. The zero-order valence-corrected chi connectivity index (χ0v) is 15.5. The molecule has 1 aromatic rings. The largest absolute Gasteiger partial charge is 0.494 e. The lowest BCUT2D eigenvalue weighted by Crippen LogP contribution is -2.54. The van der Waals surface area contributed by atoms with Gasteiger partial charge in [0.05, 0.1) is 24.8 Å². The van der Waals surface area contributed by atoms with E-state index in [4.69, 9.17) is 4.74 Å². The second kappa shape index (κ2) is 7.39. The summed E-state index contributed by atoms with van der Waals surface area (Å²) in [6.07, 6.45) is 7.74. The van der Waals surface area contributed by atoms with Crippen molar-refractivity contribution < 1.29 is 14.3 Å². The van der Waals surface area contributed by atoms with Crippen LogP contribution < -0.4 is 9.64 Å². The Morgan fingerprint density at radius 1 is 1.04 bits per heavy atom. The quantitative estimate of drug-likeness (QED) is 0.776. The molecule has 5 heteroatoms. The first kappa shape index (κ1) is 17.5. The fraction of sp³-hybridized carbons (Fsp3) is 0.619. The molecule has 26 heavy (non-hydrogen) atoms. The van der Waals surface area contributed by atoms with Crippen LogP contribution in [0.5, 0.6) is 5.75 Å². The van der Waals surface area contributed by atoms with Crippen LogP contribution in [0.1, 0.15) is 51.9 Å². The highest BCUT2D eigenvalue weighted by Crippen LogP contribution is 2.38. The average molecular weight is 356 g/mol. The Hall–Kier alpha value is -1.88. The van der Waals surface area contributed by atoms with Gasteiger partial charge in [0.15, 0.2) is 0 Å². The summed E-state index contributed by atoms with van der Waals surface area (Å²) in [6, 6.07) is 7.47. The topological polar surface area (TPSA) is 49.9 Å². The number of hydrogen-bond acceptors (Lipinski definition) is 4. The summed E-state index contributed by atoms with van der Waals surface area (Å²) in [5.41, 5.74) is 0.656. The Balaban J connectivity index is 1.53. The number of amides is 2. The van der Waals surface area contributed by atoms with Crippen LogP contribution in [-0.2, 0) is 9.59 Å². The molecule has 0 unspecified atom stereocenters. The number of fused-ring (bicyclic) bond motifs is 1. The van der Waals surface area contributed by atoms with Crippen LogP contribution in [0.4, 0.5) is 5.69 Å². The third kappa shape index (κ3) is 3.13. The minimum Gasteiger partial charge on any atom is -0.494 e. The molecule has 2 amide bonds. The SMILES string of the molecule is CCOc1ccc(N2C(=O)C[C@H](N3CCC[C@H]4CCCC[C@@H]43)C2=O)cc1. The number of nitrogens with zero attached hydrogens (tertiary/aromatic N) is 2. The summed E-state index contributed by atoms with van der Waals surface area (Å²) in [5.74, 6) is 1.33. The number of hydrogen-bond donors (Lipinski definition) is 0. The van der Waals surface area contributed by atoms with E-state index < -0.39 is 0 Å². The fourth-order valence-corrected chi connectivity index (χ4v) is 5.05. The lowest BCUT2D eigenvalue weighted by molar-refractivity contribution is -0.124. The Bertz CT molecular complexity index is 670. The van der Waals surface area contributed by atoms with Crippen LogP contribution in [-0.4, -0.2) is 41.9 Å². The number of benzene rings is 1. The highest BCUT2D eigenvalue weighted by atomic mass is 16.5. The molecule has 140 valence electrons. The second-order valence-corrected chi connectivity index (χ2v) is 7.71. The third-order valence-electron chi connectivity index (χ3n) is 6.22. The number of ether oxygens (including phenoxy) is 1. The van der Waals surface area contributed by atoms with E-state index in [1.807, 2.05) is 31.2 Å². The second-order valence-electron chi connectivity index (χ2n) is 7.71. The van der Waals surface area contributed by atoms with Crippen molar-refractivity contribution in [1.29, 1.82) is 0 Å². The van der Waals surface area contributed by atoms with Gasteiger partial charge in [-0.2, -0.15) is 0 Å². The van der Waals surface area contributed by atoms with E-state index in [1.165, 1.54) is 37.0 Å². The molecule has 0 spiro atoms. The van der Waals surface area contributed by atoms with E-state index in [9.17, 15) is 9.59 Å². The lowest BCUT2D eigenvalue weighted by Gasteiger charge is -2.46. The van der Waals surface area contributed by atoms with Crippen LogP contribution in [0, 0.1) is 5.92 Å². The van der Waals surface area contributed by atoms with E-state index in [2.05, 4.69) is 4.90 Å². The highest BCUT2D eigenvalue weighted by Gasteiger charge is 2.47. The van der Waals surface area contributed by atoms with Crippen molar-refractivity contribution in [2.75, 3.05) is 18.1 Å². The molecule has 1 aliphatic carbocycles. The molecule has 2 saturated heterocycles. The van der Waals surface area contributed by atoms with Gasteiger partial charge in [-0.1, -0.05) is 12.8 Å². The number of piperidine rings is 1. The molecule has 0 bridgehead atoms. The Kier molecular flexibility index (Phi) is 4.98. The van der Waals surface area contributed by atoms with Gasteiger partial charge in [0.1, 0.15) is 5.75 Å². The number of anilines is 1. The molecule has 0 aromatic heterocycles. The molecule has 1 aromatic carbocycles. The van der Waals surface area contributed by atoms with Gasteiger partial charge in [-0.15, -0.1) is 0 Å². The van der Waals surface area contributed by atoms with E-state index >= 15 is 0 Å². The van der Waals surface area contributed by atoms with Gasteiger partial charge in [0, 0.05) is 6.04 Å². The summed E-state index contributed by atoms with van der Waals surface area (Å²) < 4.78 is 5.46. The van der Waals surface area contributed by atoms with Gasteiger partial charge in [-0.3, -0.25) is 14.5 Å². The molecule has 5 nitrogen and oxygen atoms in total. The molecular formula is C21H28N2O3. The predicted octanol–water partition coefficient (Wildman–Crippen LogP) is 3.37. The molecule has 0 N–H and O–H groups in total. The van der Waals surface area contributed by atoms with Crippen LogP contribution >= 0.6 is 0 Å². The van der Waals surface area contributed by atoms with E-state index in [-0.39, 0.29) is 17.9 Å². The summed E-state index contributed by atoms with van der Waals surface area (Å²) in [6.45, 7) is 3.48. The number of imide groups is 1. The van der Waals surface area contributed by atoms with Crippen molar-refractivity contribution in [2.45, 2.75) is 64.0 Å². The maximum absolute atomic E-state index is 13.1. The van der Waals surface area contributed by atoms with Crippen molar-refractivity contribution >= 4 is 17.5 Å². The number of carbonyl (C=O) groups is 2. The van der Waals surface area contributed by atoms with Gasteiger partial charge < -0.3 is 4.74 Å². The van der Waals surface area contributed by atoms with Gasteiger partial charge in [-0.25, -0.2) is 4.90 Å². The zero-order valence-electron chi connectivity index (χ0n) is 15.5. The van der Waals surface area contributed by atoms with Crippen molar-refractivity contribution in [1.82, 2.24) is 4.90 Å². The molecular weight excluding hydrogens is 328 g/mol. The Morgan fingerprint density at radius 2 is 1.77 bits per heavy atom. The molecule has 3 atom stereocenters. The van der Waals surface area contributed by atoms with E-state index in [0.29, 0.717) is 30.7 Å². The molecule has 4 rings (SSSR count). The van der Waals surface area contributed by atoms with Gasteiger partial charge in [0.25, 0.3) is 5.91 Å². The summed E-state index contributed by atoms with van der Waals surface area (Å²) >= 11 is 0. The highest BCUT2D eigenvalue weighted by molar-refractivity contribution is 6.22. The predicted molar refractivity (Wildman–Crippen MR) is 100 cm³/mol.